The van der Waals surface area contributed by atoms with Crippen LogP contribution < -0.4 is 15.2 Å². The van der Waals surface area contributed by atoms with Crippen LogP contribution >= 0.6 is 0 Å². The van der Waals surface area contributed by atoms with Gasteiger partial charge in [-0.1, -0.05) is 128 Å². The van der Waals surface area contributed by atoms with Crippen LogP contribution in [-0.4, -0.2) is 67.2 Å². The Labute approximate surface area is 405 Å². The van der Waals surface area contributed by atoms with Gasteiger partial charge in [0.25, 0.3) is 5.91 Å². The largest absolute Gasteiger partial charge is 0.497 e. The molecule has 0 radical (unpaired) electrons. The van der Waals surface area contributed by atoms with E-state index in [1.54, 1.807) is 12.0 Å². The van der Waals surface area contributed by atoms with Gasteiger partial charge in [-0.05, 0) is 134 Å². The summed E-state index contributed by atoms with van der Waals surface area (Å²) in [6.07, 6.45) is 8.75. The standard InChI is InChI=1S/C30H40N2O4.C27H36N2O3/c1-7-19-32-25(10-8-9-22-13-17-26(18-14-22)36-30(5,6)27(33)34)21-31(28(32)35)20-23-11-15-24(16-12-23)29(2,3)4;1-6-18-28-24(9-7-8-20-12-16-23(32-5)17-13-20)25(30)29(26(28)31)19-21-10-14-22(15-11-21)27(2,3)4/h11-18,21H,7-10,19-20H2,1-6H3,(H,33,34);10-17,24H,6-9,18-19H2,1-5H3. The highest BCUT2D eigenvalue weighted by atomic mass is 16.5. The molecule has 1 unspecified atom stereocenters. The summed E-state index contributed by atoms with van der Waals surface area (Å²) in [7, 11) is 1.66. The van der Waals surface area contributed by atoms with Crippen molar-refractivity contribution in [1.29, 1.82) is 0 Å². The molecule has 6 rings (SSSR count). The monoisotopic (exact) mass is 929 g/mol. The maximum atomic E-state index is 13.2. The number of rotatable bonds is 20. The number of carboxylic acids is 1. The van der Waals surface area contributed by atoms with Crippen LogP contribution in [0.25, 0.3) is 0 Å². The number of imidazole rings is 1. The summed E-state index contributed by atoms with van der Waals surface area (Å²) in [4.78, 5) is 53.8. The first-order valence-corrected chi connectivity index (χ1v) is 24.4. The van der Waals surface area contributed by atoms with Crippen molar-refractivity contribution in [3.63, 3.8) is 0 Å². The van der Waals surface area contributed by atoms with Crippen molar-refractivity contribution >= 4 is 17.9 Å². The molecule has 1 saturated heterocycles. The summed E-state index contributed by atoms with van der Waals surface area (Å²) >= 11 is 0. The molecule has 5 aromatic rings. The average molecular weight is 929 g/mol. The van der Waals surface area contributed by atoms with Crippen molar-refractivity contribution in [2.24, 2.45) is 0 Å². The fourth-order valence-corrected chi connectivity index (χ4v) is 8.40. The molecule has 11 nitrogen and oxygen atoms in total. The van der Waals surface area contributed by atoms with Crippen molar-refractivity contribution in [2.75, 3.05) is 13.7 Å². The van der Waals surface area contributed by atoms with Crippen LogP contribution in [0.1, 0.15) is 140 Å². The number of methoxy groups -OCH3 is 1. The van der Waals surface area contributed by atoms with Crippen molar-refractivity contribution in [1.82, 2.24) is 18.9 Å². The zero-order valence-corrected chi connectivity index (χ0v) is 42.6. The Morgan fingerprint density at radius 2 is 1.10 bits per heavy atom. The summed E-state index contributed by atoms with van der Waals surface area (Å²) in [5, 5.41) is 9.24. The van der Waals surface area contributed by atoms with Gasteiger partial charge in [-0.3, -0.25) is 18.8 Å². The highest BCUT2D eigenvalue weighted by molar-refractivity contribution is 6.04. The van der Waals surface area contributed by atoms with Crippen LogP contribution in [0.15, 0.2) is 108 Å². The van der Waals surface area contributed by atoms with E-state index in [0.29, 0.717) is 31.8 Å². The average Bonchev–Trinajstić information content (AvgIpc) is 3.70. The zero-order chi connectivity index (χ0) is 49.8. The van der Waals surface area contributed by atoms with Crippen LogP contribution in [0.3, 0.4) is 0 Å². The molecule has 0 saturated carbocycles. The lowest BCUT2D eigenvalue weighted by atomic mass is 9.87. The van der Waals surface area contributed by atoms with Crippen LogP contribution in [0, 0.1) is 0 Å². The summed E-state index contributed by atoms with van der Waals surface area (Å²) in [6, 6.07) is 31.9. The number of hydrogen-bond acceptors (Lipinski definition) is 6. The van der Waals surface area contributed by atoms with Gasteiger partial charge in [-0.15, -0.1) is 0 Å². The Kier molecular flexibility index (Phi) is 18.1. The molecule has 1 fully saturated rings. The van der Waals surface area contributed by atoms with Gasteiger partial charge in [-0.25, -0.2) is 14.4 Å². The third-order valence-electron chi connectivity index (χ3n) is 12.6. The number of ether oxygens (including phenoxy) is 2. The molecule has 1 aliphatic heterocycles. The molecule has 3 amide bonds. The number of carbonyl (C=O) groups excluding carboxylic acids is 2. The number of amides is 3. The molecule has 0 spiro atoms. The third kappa shape index (κ3) is 14.2. The first-order valence-electron chi connectivity index (χ1n) is 24.4. The van der Waals surface area contributed by atoms with Crippen molar-refractivity contribution in [3.8, 4) is 11.5 Å². The van der Waals surface area contributed by atoms with Crippen LogP contribution in [0.5, 0.6) is 11.5 Å². The first kappa shape index (κ1) is 52.9. The number of carboxylic acid groups (broad SMARTS) is 1. The van der Waals surface area contributed by atoms with Crippen LogP contribution in [0.2, 0.25) is 0 Å². The SMILES string of the molecule is CCCN1C(=O)N(Cc2ccc(C(C)(C)C)cc2)C(=O)C1CCCc1ccc(OC)cc1.CCCn1c(CCCc2ccc(OC(C)(C)C(=O)O)cc2)cn(Cc2ccc(C(C)(C)C)cc2)c1=O. The topological polar surface area (TPSA) is 123 Å². The van der Waals surface area contributed by atoms with E-state index in [0.717, 1.165) is 79.6 Å². The minimum absolute atomic E-state index is 0.0503. The number of carbonyl (C=O) groups is 3. The Bertz CT molecular complexity index is 2470. The predicted molar refractivity (Wildman–Crippen MR) is 272 cm³/mol. The van der Waals surface area contributed by atoms with E-state index in [4.69, 9.17) is 9.47 Å². The first-order chi connectivity index (χ1) is 32.1. The van der Waals surface area contributed by atoms with Crippen LogP contribution in [-0.2, 0) is 59.3 Å². The van der Waals surface area contributed by atoms with Crippen molar-refractivity contribution in [2.45, 2.75) is 163 Å². The lowest BCUT2D eigenvalue weighted by molar-refractivity contribution is -0.152. The second-order valence-electron chi connectivity index (χ2n) is 20.6. The maximum absolute atomic E-state index is 13.2. The van der Waals surface area contributed by atoms with Crippen molar-refractivity contribution < 1.29 is 29.0 Å². The fourth-order valence-electron chi connectivity index (χ4n) is 8.40. The molecule has 4 aromatic carbocycles. The number of nitrogens with zero attached hydrogens (tertiary/aromatic N) is 4. The molecule has 1 aliphatic rings. The summed E-state index contributed by atoms with van der Waals surface area (Å²) < 4.78 is 14.5. The Morgan fingerprint density at radius 3 is 1.59 bits per heavy atom. The number of aryl methyl sites for hydroxylation is 3. The normalized spacial score (nSPS) is 14.2. The predicted octanol–water partition coefficient (Wildman–Crippen LogP) is 11.4. The molecular formula is C57H76N4O7. The molecule has 366 valence electrons. The zero-order valence-electron chi connectivity index (χ0n) is 42.6. The van der Waals surface area contributed by atoms with E-state index in [2.05, 4.69) is 97.0 Å². The second-order valence-corrected chi connectivity index (χ2v) is 20.6. The lowest BCUT2D eigenvalue weighted by Crippen LogP contribution is -2.37. The third-order valence-corrected chi connectivity index (χ3v) is 12.6. The van der Waals surface area contributed by atoms with Gasteiger partial charge in [0, 0.05) is 25.0 Å². The smallest absolute Gasteiger partial charge is 0.347 e. The van der Waals surface area contributed by atoms with E-state index >= 15 is 0 Å². The van der Waals surface area contributed by atoms with Crippen molar-refractivity contribution in [3.05, 3.63) is 153 Å². The number of urea groups is 1. The van der Waals surface area contributed by atoms with Gasteiger partial charge in [0.2, 0.25) is 0 Å². The molecule has 68 heavy (non-hydrogen) atoms. The van der Waals surface area contributed by atoms with Gasteiger partial charge in [0.05, 0.1) is 20.2 Å². The number of benzene rings is 4. The fraction of sp³-hybridized carbons (Fsp3) is 0.474. The van der Waals surface area contributed by atoms with E-state index < -0.39 is 11.6 Å². The number of imide groups is 1. The van der Waals surface area contributed by atoms with Gasteiger partial charge in [-0.2, -0.15) is 0 Å². The minimum atomic E-state index is -1.27. The summed E-state index contributed by atoms with van der Waals surface area (Å²) in [5.74, 6) is 0.304. The maximum Gasteiger partial charge on any atom is 0.347 e. The molecule has 1 N–H and O–H groups in total. The number of aromatic nitrogens is 2. The molecule has 2 heterocycles. The molecule has 11 heteroatoms. The summed E-state index contributed by atoms with van der Waals surface area (Å²) in [6.45, 7) is 22.6. The number of aliphatic carboxylic acids is 1. The Hall–Kier alpha value is -6.10. The molecular weight excluding hydrogens is 853 g/mol. The van der Waals surface area contributed by atoms with E-state index in [-0.39, 0.29) is 34.5 Å². The Balaban J connectivity index is 0.000000256. The molecule has 1 atom stereocenters. The Morgan fingerprint density at radius 1 is 0.618 bits per heavy atom. The van der Waals surface area contributed by atoms with Crippen LogP contribution in [0.4, 0.5) is 4.79 Å². The second kappa shape index (κ2) is 23.3. The summed E-state index contributed by atoms with van der Waals surface area (Å²) in [5.41, 5.74) is 7.02. The van der Waals surface area contributed by atoms with E-state index in [1.807, 2.05) is 70.8 Å². The van der Waals surface area contributed by atoms with Gasteiger partial charge >= 0.3 is 17.7 Å². The molecule has 0 bridgehead atoms. The van der Waals surface area contributed by atoms with Gasteiger partial charge < -0.3 is 19.5 Å². The minimum Gasteiger partial charge on any atom is -0.497 e. The molecule has 0 aliphatic carbocycles. The lowest BCUT2D eigenvalue weighted by Gasteiger charge is -2.21. The quantitative estimate of drug-likeness (QED) is 0.0771. The van der Waals surface area contributed by atoms with Gasteiger partial charge in [0.15, 0.2) is 5.60 Å². The van der Waals surface area contributed by atoms with E-state index in [9.17, 15) is 24.3 Å². The highest BCUT2D eigenvalue weighted by Gasteiger charge is 2.44. The van der Waals surface area contributed by atoms with E-state index in [1.165, 1.54) is 35.4 Å². The highest BCUT2D eigenvalue weighted by Crippen LogP contribution is 2.28. The molecule has 1 aromatic heterocycles. The van der Waals surface area contributed by atoms with Gasteiger partial charge in [0.1, 0.15) is 17.5 Å². The number of hydrogen-bond donors (Lipinski definition) is 1.